The van der Waals surface area contributed by atoms with Gasteiger partial charge in [-0.1, -0.05) is 0 Å². The molecule has 0 aromatic carbocycles. The summed E-state index contributed by atoms with van der Waals surface area (Å²) in [5, 5.41) is 0.951. The lowest BCUT2D eigenvalue weighted by atomic mass is 9.89. The molecule has 2 heterocycles. The first kappa shape index (κ1) is 13.2. The highest BCUT2D eigenvalue weighted by molar-refractivity contribution is 7.90. The third-order valence-corrected chi connectivity index (χ3v) is 4.26. The summed E-state index contributed by atoms with van der Waals surface area (Å²) in [6.07, 6.45) is 0.316. The molecule has 2 N–H and O–H groups in total. The molecular formula is C10H16N2O5S. The molecule has 0 radical (unpaired) electrons. The summed E-state index contributed by atoms with van der Waals surface area (Å²) in [4.78, 5) is 13.0. The second kappa shape index (κ2) is 4.43. The number of piperidine rings is 1. The van der Waals surface area contributed by atoms with Crippen molar-refractivity contribution in [3.8, 4) is 0 Å². The van der Waals surface area contributed by atoms with Gasteiger partial charge in [0.15, 0.2) is 0 Å². The minimum Gasteiger partial charge on any atom is -0.450 e. The molecule has 7 nitrogen and oxygen atoms in total. The first-order chi connectivity index (χ1) is 8.38. The Bertz CT molecular complexity index is 476. The Hall–Kier alpha value is -1.28. The summed E-state index contributed by atoms with van der Waals surface area (Å²) < 4.78 is 32.6. The molecule has 8 heteroatoms. The molecule has 0 unspecified atom stereocenters. The van der Waals surface area contributed by atoms with Gasteiger partial charge in [0.2, 0.25) is 0 Å². The molecule has 1 saturated heterocycles. The fourth-order valence-corrected chi connectivity index (χ4v) is 3.48. The highest BCUT2D eigenvalue weighted by Crippen LogP contribution is 2.38. The van der Waals surface area contributed by atoms with Crippen LogP contribution >= 0.6 is 0 Å². The lowest BCUT2D eigenvalue weighted by Gasteiger charge is -2.37. The van der Waals surface area contributed by atoms with Crippen molar-refractivity contribution in [2.45, 2.75) is 25.4 Å². The Morgan fingerprint density at radius 2 is 2.17 bits per heavy atom. The van der Waals surface area contributed by atoms with Crippen molar-refractivity contribution >= 4 is 16.2 Å². The predicted molar refractivity (Wildman–Crippen MR) is 62.8 cm³/mol. The molecule has 2 aliphatic rings. The summed E-state index contributed by atoms with van der Waals surface area (Å²) in [6, 6.07) is 0. The molecule has 0 aliphatic carbocycles. The number of likely N-dealkylation sites (tertiary alicyclic amines) is 1. The van der Waals surface area contributed by atoms with Crippen LogP contribution in [0.2, 0.25) is 0 Å². The maximum atomic E-state index is 11.5. The molecule has 102 valence electrons. The molecule has 0 aromatic rings. The molecule has 18 heavy (non-hydrogen) atoms. The number of amides is 1. The van der Waals surface area contributed by atoms with Crippen LogP contribution in [0.4, 0.5) is 4.79 Å². The normalized spacial score (nSPS) is 24.9. The van der Waals surface area contributed by atoms with Crippen molar-refractivity contribution in [3.05, 3.63) is 11.1 Å². The predicted octanol–water partition coefficient (Wildman–Crippen LogP) is 0.138. The van der Waals surface area contributed by atoms with E-state index in [4.69, 9.17) is 14.7 Å². The molecule has 2 rings (SSSR count). The van der Waals surface area contributed by atoms with Gasteiger partial charge in [0, 0.05) is 25.9 Å². The van der Waals surface area contributed by atoms with E-state index in [1.165, 1.54) is 4.90 Å². The van der Waals surface area contributed by atoms with Crippen molar-refractivity contribution in [1.29, 1.82) is 0 Å². The van der Waals surface area contributed by atoms with Gasteiger partial charge in [-0.3, -0.25) is 4.18 Å². The standard InChI is InChI=1S/C10H16N2O5S/c1-2-16-9(13)12-5-3-10(4-6-12)8(11)7-18(14,15)17-10/h7H,2-6,11H2,1H3. The number of carbonyl (C=O) groups is 1. The maximum Gasteiger partial charge on any atom is 0.409 e. The van der Waals surface area contributed by atoms with Crippen LogP contribution in [-0.2, 0) is 19.0 Å². The van der Waals surface area contributed by atoms with Crippen LogP contribution in [0, 0.1) is 0 Å². The second-order valence-corrected chi connectivity index (χ2v) is 5.72. The lowest BCUT2D eigenvalue weighted by molar-refractivity contribution is 0.0353. The van der Waals surface area contributed by atoms with Gasteiger partial charge in [0.05, 0.1) is 17.7 Å². The van der Waals surface area contributed by atoms with Gasteiger partial charge in [-0.15, -0.1) is 0 Å². The van der Waals surface area contributed by atoms with Crippen molar-refractivity contribution in [3.63, 3.8) is 0 Å². The summed E-state index contributed by atoms with van der Waals surface area (Å²) in [5.74, 6) is 0. The van der Waals surface area contributed by atoms with E-state index >= 15 is 0 Å². The third-order valence-electron chi connectivity index (χ3n) is 3.17. The Balaban J connectivity index is 2.03. The van der Waals surface area contributed by atoms with E-state index in [0.29, 0.717) is 32.5 Å². The average Bonchev–Trinajstić information content (AvgIpc) is 2.50. The molecule has 0 aromatic heterocycles. The molecule has 0 bridgehead atoms. The Morgan fingerprint density at radius 3 is 2.61 bits per heavy atom. The first-order valence-corrected chi connectivity index (χ1v) is 7.21. The van der Waals surface area contributed by atoms with Crippen LogP contribution in [0.1, 0.15) is 19.8 Å². The lowest BCUT2D eigenvalue weighted by Crippen LogP contribution is -2.49. The van der Waals surface area contributed by atoms with Gasteiger partial charge < -0.3 is 15.4 Å². The maximum absolute atomic E-state index is 11.5. The Morgan fingerprint density at radius 1 is 1.56 bits per heavy atom. The third kappa shape index (κ3) is 2.30. The van der Waals surface area contributed by atoms with E-state index in [0.717, 1.165) is 5.41 Å². The minimum atomic E-state index is -3.67. The number of hydrogen-bond donors (Lipinski definition) is 1. The summed E-state index contributed by atoms with van der Waals surface area (Å²) >= 11 is 0. The van der Waals surface area contributed by atoms with Crippen molar-refractivity contribution in [1.82, 2.24) is 4.90 Å². The van der Waals surface area contributed by atoms with Crippen LogP contribution in [0.5, 0.6) is 0 Å². The topological polar surface area (TPSA) is 98.9 Å². The van der Waals surface area contributed by atoms with E-state index < -0.39 is 21.8 Å². The molecule has 1 spiro atoms. The molecule has 0 atom stereocenters. The molecular weight excluding hydrogens is 260 g/mol. The number of ether oxygens (including phenoxy) is 1. The Labute approximate surface area is 106 Å². The first-order valence-electron chi connectivity index (χ1n) is 5.73. The quantitative estimate of drug-likeness (QED) is 0.684. The van der Waals surface area contributed by atoms with Gasteiger partial charge in [-0.25, -0.2) is 4.79 Å². The van der Waals surface area contributed by atoms with Gasteiger partial charge in [0.25, 0.3) is 10.1 Å². The van der Waals surface area contributed by atoms with E-state index in [-0.39, 0.29) is 5.70 Å². The van der Waals surface area contributed by atoms with E-state index in [1.807, 2.05) is 0 Å². The van der Waals surface area contributed by atoms with E-state index in [9.17, 15) is 13.2 Å². The fraction of sp³-hybridized carbons (Fsp3) is 0.700. The van der Waals surface area contributed by atoms with Gasteiger partial charge in [0.1, 0.15) is 5.60 Å². The summed E-state index contributed by atoms with van der Waals surface area (Å²) in [6.45, 7) is 2.77. The number of carbonyl (C=O) groups excluding carboxylic acids is 1. The summed E-state index contributed by atoms with van der Waals surface area (Å²) in [7, 11) is -3.67. The second-order valence-electron chi connectivity index (χ2n) is 4.33. The average molecular weight is 276 g/mol. The zero-order valence-electron chi connectivity index (χ0n) is 10.1. The molecule has 1 fully saturated rings. The smallest absolute Gasteiger partial charge is 0.409 e. The number of nitrogens with zero attached hydrogens (tertiary/aromatic N) is 1. The zero-order valence-corrected chi connectivity index (χ0v) is 10.9. The van der Waals surface area contributed by atoms with Crippen LogP contribution in [0.25, 0.3) is 0 Å². The van der Waals surface area contributed by atoms with Crippen molar-refractivity contribution in [2.24, 2.45) is 5.73 Å². The highest BCUT2D eigenvalue weighted by atomic mass is 32.2. The van der Waals surface area contributed by atoms with Crippen LogP contribution in [0.3, 0.4) is 0 Å². The number of hydrogen-bond acceptors (Lipinski definition) is 6. The van der Waals surface area contributed by atoms with Crippen LogP contribution < -0.4 is 5.73 Å². The van der Waals surface area contributed by atoms with Gasteiger partial charge >= 0.3 is 6.09 Å². The van der Waals surface area contributed by atoms with E-state index in [2.05, 4.69) is 0 Å². The van der Waals surface area contributed by atoms with Gasteiger partial charge in [-0.2, -0.15) is 8.42 Å². The fourth-order valence-electron chi connectivity index (χ4n) is 2.19. The highest BCUT2D eigenvalue weighted by Gasteiger charge is 2.47. The van der Waals surface area contributed by atoms with Crippen LogP contribution in [-0.4, -0.2) is 44.7 Å². The van der Waals surface area contributed by atoms with Crippen molar-refractivity contribution in [2.75, 3.05) is 19.7 Å². The molecule has 2 aliphatic heterocycles. The molecule has 1 amide bonds. The van der Waals surface area contributed by atoms with Gasteiger partial charge in [-0.05, 0) is 6.92 Å². The SMILES string of the molecule is CCOC(=O)N1CCC2(CC1)OS(=O)(=O)C=C2N. The minimum absolute atomic E-state index is 0.214. The Kier molecular flexibility index (Phi) is 3.24. The van der Waals surface area contributed by atoms with Crippen LogP contribution in [0.15, 0.2) is 11.1 Å². The largest absolute Gasteiger partial charge is 0.450 e. The zero-order chi connectivity index (χ0) is 13.4. The van der Waals surface area contributed by atoms with Crippen molar-refractivity contribution < 1.29 is 22.1 Å². The number of rotatable bonds is 1. The summed E-state index contributed by atoms with van der Waals surface area (Å²) in [5.41, 5.74) is 4.97. The van der Waals surface area contributed by atoms with E-state index in [1.54, 1.807) is 6.92 Å². The monoisotopic (exact) mass is 276 g/mol. The molecule has 0 saturated carbocycles. The number of nitrogens with two attached hydrogens (primary N) is 1.